The summed E-state index contributed by atoms with van der Waals surface area (Å²) in [6, 6.07) is 10.0. The first-order valence-corrected chi connectivity index (χ1v) is 5.13. The van der Waals surface area contributed by atoms with Crippen LogP contribution in [0, 0.1) is 0 Å². The predicted molar refractivity (Wildman–Crippen MR) is 57.8 cm³/mol. The van der Waals surface area contributed by atoms with Crippen molar-refractivity contribution in [2.24, 2.45) is 5.16 Å². The maximum absolute atomic E-state index is 5.94. The number of rotatable bonds is 2. The van der Waals surface area contributed by atoms with Crippen molar-refractivity contribution in [3.63, 3.8) is 0 Å². The van der Waals surface area contributed by atoms with Gasteiger partial charge in [0.2, 0.25) is 0 Å². The van der Waals surface area contributed by atoms with E-state index in [4.69, 9.17) is 16.4 Å². The van der Waals surface area contributed by atoms with E-state index in [1.165, 1.54) is 0 Å². The fraction of sp³-hybridized carbons (Fsp3) is 0.364. The zero-order chi connectivity index (χ0) is 9.97. The summed E-state index contributed by atoms with van der Waals surface area (Å²) >= 11 is 5.94. The van der Waals surface area contributed by atoms with Crippen molar-refractivity contribution >= 4 is 17.3 Å². The van der Waals surface area contributed by atoms with Crippen LogP contribution in [0.25, 0.3) is 0 Å². The molecule has 0 fully saturated rings. The number of nitrogens with zero attached hydrogens (tertiary/aromatic N) is 1. The van der Waals surface area contributed by atoms with Crippen LogP contribution in [-0.4, -0.2) is 17.2 Å². The van der Waals surface area contributed by atoms with Crippen molar-refractivity contribution in [2.45, 2.75) is 24.8 Å². The Kier molecular flexibility index (Phi) is 2.73. The highest BCUT2D eigenvalue weighted by Crippen LogP contribution is 2.21. The standard InChI is InChI=1S/C11H12ClNO/c1-8(12)11-7-10(13-14-11)9-5-3-2-4-6-9/h2-6,8,11H,7H2,1H3/t8-,11+/m1/s1. The van der Waals surface area contributed by atoms with Gasteiger partial charge in [0.25, 0.3) is 0 Å². The molecule has 0 radical (unpaired) electrons. The van der Waals surface area contributed by atoms with Crippen LogP contribution in [0.1, 0.15) is 18.9 Å². The van der Waals surface area contributed by atoms with Gasteiger partial charge in [0.1, 0.15) is 6.10 Å². The Morgan fingerprint density at radius 3 is 2.71 bits per heavy atom. The van der Waals surface area contributed by atoms with Gasteiger partial charge in [-0.3, -0.25) is 0 Å². The second-order valence-electron chi connectivity index (χ2n) is 3.43. The fourth-order valence-electron chi connectivity index (χ4n) is 1.44. The fourth-order valence-corrected chi connectivity index (χ4v) is 1.58. The summed E-state index contributed by atoms with van der Waals surface area (Å²) < 4.78 is 0. The molecule has 0 aliphatic carbocycles. The largest absolute Gasteiger partial charge is 0.390 e. The first-order chi connectivity index (χ1) is 6.77. The van der Waals surface area contributed by atoms with Crippen molar-refractivity contribution in [3.05, 3.63) is 35.9 Å². The molecule has 0 spiro atoms. The van der Waals surface area contributed by atoms with E-state index < -0.39 is 0 Å². The summed E-state index contributed by atoms with van der Waals surface area (Å²) in [5, 5.41) is 4.04. The SMILES string of the molecule is C[C@@H](Cl)[C@@H]1CC(c2ccccc2)=NO1. The van der Waals surface area contributed by atoms with Gasteiger partial charge < -0.3 is 4.84 Å². The van der Waals surface area contributed by atoms with E-state index in [9.17, 15) is 0 Å². The molecule has 14 heavy (non-hydrogen) atoms. The quantitative estimate of drug-likeness (QED) is 0.687. The number of halogens is 1. The summed E-state index contributed by atoms with van der Waals surface area (Å²) in [7, 11) is 0. The van der Waals surface area contributed by atoms with E-state index >= 15 is 0 Å². The molecular formula is C11H12ClNO. The van der Waals surface area contributed by atoms with Gasteiger partial charge in [0, 0.05) is 6.42 Å². The Hall–Kier alpha value is -1.02. The molecule has 0 saturated heterocycles. The molecule has 0 amide bonds. The van der Waals surface area contributed by atoms with Gasteiger partial charge in [-0.05, 0) is 12.5 Å². The molecule has 1 heterocycles. The molecule has 0 N–H and O–H groups in total. The first-order valence-electron chi connectivity index (χ1n) is 4.69. The average Bonchev–Trinajstić information content (AvgIpc) is 2.68. The topological polar surface area (TPSA) is 21.6 Å². The summed E-state index contributed by atoms with van der Waals surface area (Å²) in [6.45, 7) is 1.93. The number of alkyl halides is 1. The van der Waals surface area contributed by atoms with E-state index in [1.807, 2.05) is 37.3 Å². The first kappa shape index (κ1) is 9.53. The Morgan fingerprint density at radius 2 is 2.14 bits per heavy atom. The summed E-state index contributed by atoms with van der Waals surface area (Å²) in [6.07, 6.45) is 0.821. The van der Waals surface area contributed by atoms with Crippen molar-refractivity contribution in [1.29, 1.82) is 0 Å². The summed E-state index contributed by atoms with van der Waals surface area (Å²) in [5.41, 5.74) is 2.11. The lowest BCUT2D eigenvalue weighted by Crippen LogP contribution is -2.18. The maximum atomic E-state index is 5.94. The van der Waals surface area contributed by atoms with Gasteiger partial charge in [-0.25, -0.2) is 0 Å². The third kappa shape index (κ3) is 1.90. The van der Waals surface area contributed by atoms with Crippen LogP contribution in [0.4, 0.5) is 0 Å². The van der Waals surface area contributed by atoms with Gasteiger partial charge in [0.05, 0.1) is 11.1 Å². The molecule has 74 valence electrons. The summed E-state index contributed by atoms with van der Waals surface area (Å²) in [4.78, 5) is 5.24. The monoisotopic (exact) mass is 209 g/mol. The van der Waals surface area contributed by atoms with Crippen LogP contribution in [0.5, 0.6) is 0 Å². The highest BCUT2D eigenvalue weighted by atomic mass is 35.5. The van der Waals surface area contributed by atoms with Gasteiger partial charge in [0.15, 0.2) is 0 Å². The molecule has 2 rings (SSSR count). The van der Waals surface area contributed by atoms with Gasteiger partial charge in [-0.15, -0.1) is 11.6 Å². The number of hydrogen-bond donors (Lipinski definition) is 0. The lowest BCUT2D eigenvalue weighted by molar-refractivity contribution is 0.0855. The lowest BCUT2D eigenvalue weighted by atomic mass is 10.0. The predicted octanol–water partition coefficient (Wildman–Crippen LogP) is 2.81. The molecule has 1 aromatic carbocycles. The summed E-state index contributed by atoms with van der Waals surface area (Å²) in [5.74, 6) is 0. The third-order valence-electron chi connectivity index (χ3n) is 2.31. The molecule has 3 heteroatoms. The van der Waals surface area contributed by atoms with Gasteiger partial charge in [-0.1, -0.05) is 35.5 Å². The maximum Gasteiger partial charge on any atom is 0.149 e. The van der Waals surface area contributed by atoms with Crippen molar-refractivity contribution in [1.82, 2.24) is 0 Å². The normalized spacial score (nSPS) is 22.7. The van der Waals surface area contributed by atoms with Crippen molar-refractivity contribution < 1.29 is 4.84 Å². The molecule has 0 bridgehead atoms. The molecule has 1 aliphatic heterocycles. The molecule has 1 aliphatic rings. The molecule has 1 aromatic rings. The molecule has 0 unspecified atom stereocenters. The van der Waals surface area contributed by atoms with Crippen LogP contribution >= 0.6 is 11.6 Å². The number of hydrogen-bond acceptors (Lipinski definition) is 2. The van der Waals surface area contributed by atoms with E-state index in [2.05, 4.69) is 5.16 Å². The van der Waals surface area contributed by atoms with Crippen LogP contribution in [0.2, 0.25) is 0 Å². The molecule has 2 atom stereocenters. The second kappa shape index (κ2) is 4.01. The van der Waals surface area contributed by atoms with Crippen molar-refractivity contribution in [3.8, 4) is 0 Å². The van der Waals surface area contributed by atoms with E-state index in [0.717, 1.165) is 17.7 Å². The van der Waals surface area contributed by atoms with E-state index in [0.29, 0.717) is 0 Å². The highest BCUT2D eigenvalue weighted by Gasteiger charge is 2.25. The number of oxime groups is 1. The minimum absolute atomic E-state index is 0.0000350. The van der Waals surface area contributed by atoms with Gasteiger partial charge in [-0.2, -0.15) is 0 Å². The zero-order valence-electron chi connectivity index (χ0n) is 7.98. The van der Waals surface area contributed by atoms with Crippen LogP contribution in [0.3, 0.4) is 0 Å². The average molecular weight is 210 g/mol. The van der Waals surface area contributed by atoms with Gasteiger partial charge >= 0.3 is 0 Å². The second-order valence-corrected chi connectivity index (χ2v) is 4.12. The smallest absolute Gasteiger partial charge is 0.149 e. The Labute approximate surface area is 88.5 Å². The Balaban J connectivity index is 2.09. The van der Waals surface area contributed by atoms with E-state index in [-0.39, 0.29) is 11.5 Å². The van der Waals surface area contributed by atoms with E-state index in [1.54, 1.807) is 0 Å². The van der Waals surface area contributed by atoms with Crippen LogP contribution < -0.4 is 0 Å². The number of benzene rings is 1. The lowest BCUT2D eigenvalue weighted by Gasteiger charge is -2.08. The minimum atomic E-state index is -0.0000350. The molecule has 2 nitrogen and oxygen atoms in total. The Bertz CT molecular complexity index is 334. The third-order valence-corrected chi connectivity index (χ3v) is 2.59. The molecule has 0 aromatic heterocycles. The highest BCUT2D eigenvalue weighted by molar-refractivity contribution is 6.21. The van der Waals surface area contributed by atoms with Crippen LogP contribution in [-0.2, 0) is 4.84 Å². The zero-order valence-corrected chi connectivity index (χ0v) is 8.74. The van der Waals surface area contributed by atoms with Crippen molar-refractivity contribution in [2.75, 3.05) is 0 Å². The molecular weight excluding hydrogens is 198 g/mol. The minimum Gasteiger partial charge on any atom is -0.390 e. The Morgan fingerprint density at radius 1 is 1.43 bits per heavy atom. The van der Waals surface area contributed by atoms with Crippen LogP contribution in [0.15, 0.2) is 35.5 Å². The molecule has 0 saturated carbocycles.